The van der Waals surface area contributed by atoms with E-state index >= 15 is 0 Å². The van der Waals surface area contributed by atoms with Crippen LogP contribution in [0.2, 0.25) is 0 Å². The van der Waals surface area contributed by atoms with Gasteiger partial charge in [-0.25, -0.2) is 4.98 Å². The molecule has 0 aliphatic carbocycles. The monoisotopic (exact) mass is 272 g/mol. The molecule has 0 saturated heterocycles. The largest absolute Gasteiger partial charge is 0.573 e. The smallest absolute Gasteiger partial charge is 0.397 e. The van der Waals surface area contributed by atoms with Gasteiger partial charge < -0.3 is 14.9 Å². The Bertz CT molecular complexity index is 499. The first-order valence-corrected chi connectivity index (χ1v) is 4.50. The van der Waals surface area contributed by atoms with Crippen molar-refractivity contribution in [1.29, 1.82) is 0 Å². The molecule has 10 heteroatoms. The van der Waals surface area contributed by atoms with E-state index in [1.807, 2.05) is 4.98 Å². The van der Waals surface area contributed by atoms with E-state index in [-0.39, 0.29) is 0 Å². The topological polar surface area (TPSA) is 85.2 Å². The standard InChI is InChI=1S/C7H4ClF3N2O4/c8-2-3-6(17-7(9,10)11)4(14)1-5(12-3)13(15)16/h1H,2H2,(H,12,14). The molecule has 1 heterocycles. The molecule has 0 saturated carbocycles. The highest BCUT2D eigenvalue weighted by molar-refractivity contribution is 6.17. The number of nitro groups is 1. The summed E-state index contributed by atoms with van der Waals surface area (Å²) in [7, 11) is 0. The van der Waals surface area contributed by atoms with Gasteiger partial charge in [0.15, 0.2) is 5.69 Å². The van der Waals surface area contributed by atoms with Crippen molar-refractivity contribution in [2.24, 2.45) is 0 Å². The highest BCUT2D eigenvalue weighted by Gasteiger charge is 2.34. The predicted molar refractivity (Wildman–Crippen MR) is 50.0 cm³/mol. The van der Waals surface area contributed by atoms with Crippen LogP contribution in [0.1, 0.15) is 5.69 Å². The molecule has 0 aromatic carbocycles. The van der Waals surface area contributed by atoms with Crippen molar-refractivity contribution >= 4 is 17.4 Å². The molecule has 0 unspecified atom stereocenters. The van der Waals surface area contributed by atoms with Gasteiger partial charge in [-0.2, -0.15) is 0 Å². The number of aromatic amines is 1. The Morgan fingerprint density at radius 2 is 2.12 bits per heavy atom. The molecular weight excluding hydrogens is 269 g/mol. The van der Waals surface area contributed by atoms with E-state index in [4.69, 9.17) is 11.6 Å². The van der Waals surface area contributed by atoms with Crippen LogP contribution < -0.4 is 10.2 Å². The number of pyridine rings is 1. The van der Waals surface area contributed by atoms with E-state index < -0.39 is 39.9 Å². The highest BCUT2D eigenvalue weighted by atomic mass is 35.5. The van der Waals surface area contributed by atoms with E-state index in [2.05, 4.69) is 4.74 Å². The summed E-state index contributed by atoms with van der Waals surface area (Å²) >= 11 is 5.27. The molecule has 1 N–H and O–H groups in total. The summed E-state index contributed by atoms with van der Waals surface area (Å²) in [5.41, 5.74) is -1.79. The first kappa shape index (κ1) is 13.3. The summed E-state index contributed by atoms with van der Waals surface area (Å²) in [4.78, 5) is 22.5. The lowest BCUT2D eigenvalue weighted by molar-refractivity contribution is -0.389. The van der Waals surface area contributed by atoms with E-state index in [0.717, 1.165) is 0 Å². The van der Waals surface area contributed by atoms with Crippen LogP contribution in [-0.2, 0) is 5.88 Å². The summed E-state index contributed by atoms with van der Waals surface area (Å²) in [5.74, 6) is -2.43. The number of halogens is 4. The summed E-state index contributed by atoms with van der Waals surface area (Å²) in [6.07, 6.45) is -5.08. The van der Waals surface area contributed by atoms with Gasteiger partial charge in [0.2, 0.25) is 11.2 Å². The summed E-state index contributed by atoms with van der Waals surface area (Å²) in [6, 6.07) is 0.386. The van der Waals surface area contributed by atoms with Crippen molar-refractivity contribution < 1.29 is 22.8 Å². The fraction of sp³-hybridized carbons (Fsp3) is 0.286. The number of hydrogen-bond acceptors (Lipinski definition) is 4. The number of nitrogens with zero attached hydrogens (tertiary/aromatic N) is 1. The van der Waals surface area contributed by atoms with Crippen LogP contribution in [-0.4, -0.2) is 16.3 Å². The number of H-pyrrole nitrogens is 1. The molecule has 0 radical (unpaired) electrons. The van der Waals surface area contributed by atoms with E-state index in [0.29, 0.717) is 6.07 Å². The fourth-order valence-electron chi connectivity index (χ4n) is 1.01. The van der Waals surface area contributed by atoms with Crippen LogP contribution in [0.4, 0.5) is 19.0 Å². The minimum Gasteiger partial charge on any atom is -0.397 e. The summed E-state index contributed by atoms with van der Waals surface area (Å²) in [5, 5.41) is 10.3. The molecule has 1 aromatic heterocycles. The van der Waals surface area contributed by atoms with Crippen LogP contribution in [0.15, 0.2) is 10.9 Å². The maximum atomic E-state index is 11.9. The van der Waals surface area contributed by atoms with E-state index in [9.17, 15) is 28.1 Å². The zero-order valence-corrected chi connectivity index (χ0v) is 8.63. The molecule has 17 heavy (non-hydrogen) atoms. The maximum absolute atomic E-state index is 11.9. The minimum absolute atomic E-state index is 0.386. The van der Waals surface area contributed by atoms with Gasteiger partial charge in [0.05, 0.1) is 11.9 Å². The third-order valence-corrected chi connectivity index (χ3v) is 1.86. The van der Waals surface area contributed by atoms with Crippen LogP contribution in [0.3, 0.4) is 0 Å². The maximum Gasteiger partial charge on any atom is 0.573 e. The van der Waals surface area contributed by atoms with Crippen LogP contribution in [0.5, 0.6) is 5.75 Å². The van der Waals surface area contributed by atoms with Gasteiger partial charge in [-0.15, -0.1) is 24.8 Å². The second kappa shape index (κ2) is 4.62. The Morgan fingerprint density at radius 3 is 2.53 bits per heavy atom. The van der Waals surface area contributed by atoms with Gasteiger partial charge in [0, 0.05) is 0 Å². The van der Waals surface area contributed by atoms with Crippen LogP contribution in [0, 0.1) is 10.1 Å². The Hall–Kier alpha value is -1.77. The van der Waals surface area contributed by atoms with Crippen molar-refractivity contribution in [2.45, 2.75) is 12.2 Å². The van der Waals surface area contributed by atoms with Crippen molar-refractivity contribution in [3.63, 3.8) is 0 Å². The summed E-state index contributed by atoms with van der Waals surface area (Å²) < 4.78 is 39.3. The van der Waals surface area contributed by atoms with Gasteiger partial charge in [-0.05, 0) is 4.92 Å². The molecule has 0 spiro atoms. The number of ether oxygens (including phenoxy) is 1. The lowest BCUT2D eigenvalue weighted by Gasteiger charge is -2.09. The molecule has 6 nitrogen and oxygen atoms in total. The first-order chi connectivity index (χ1) is 7.74. The van der Waals surface area contributed by atoms with Crippen molar-refractivity contribution in [3.8, 4) is 5.75 Å². The number of aromatic nitrogens is 1. The van der Waals surface area contributed by atoms with Gasteiger partial charge in [-0.3, -0.25) is 4.79 Å². The van der Waals surface area contributed by atoms with E-state index in [1.54, 1.807) is 0 Å². The average Bonchev–Trinajstić information content (AvgIpc) is 2.18. The van der Waals surface area contributed by atoms with Gasteiger partial charge in [0.25, 0.3) is 0 Å². The Labute approximate surface area is 96.1 Å². The normalized spacial score (nSPS) is 11.3. The Kier molecular flexibility index (Phi) is 3.61. The Balaban J connectivity index is 3.32. The molecule has 1 aromatic rings. The molecule has 0 amide bonds. The molecule has 0 aliphatic rings. The van der Waals surface area contributed by atoms with Crippen molar-refractivity contribution in [2.75, 3.05) is 0 Å². The number of rotatable bonds is 3. The van der Waals surface area contributed by atoms with E-state index in [1.165, 1.54) is 0 Å². The van der Waals surface area contributed by atoms with Crippen molar-refractivity contribution in [1.82, 2.24) is 4.98 Å². The quantitative estimate of drug-likeness (QED) is 0.517. The SMILES string of the molecule is O=c1cc([N+](=O)[O-])[nH]c(CCl)c1OC(F)(F)F. The molecule has 94 valence electrons. The van der Waals surface area contributed by atoms with Gasteiger partial charge >= 0.3 is 12.2 Å². The molecule has 0 bridgehead atoms. The molecular formula is C7H4ClF3N2O4. The average molecular weight is 273 g/mol. The number of nitrogens with one attached hydrogen (secondary N) is 1. The zero-order chi connectivity index (χ0) is 13.2. The summed E-state index contributed by atoms with van der Waals surface area (Å²) in [6.45, 7) is 0. The fourth-order valence-corrected chi connectivity index (χ4v) is 1.19. The third-order valence-electron chi connectivity index (χ3n) is 1.59. The lowest BCUT2D eigenvalue weighted by Crippen LogP contribution is -2.23. The third kappa shape index (κ3) is 3.34. The predicted octanol–water partition coefficient (Wildman–Crippen LogP) is 1.92. The molecule has 0 fully saturated rings. The Morgan fingerprint density at radius 1 is 1.53 bits per heavy atom. The van der Waals surface area contributed by atoms with Crippen LogP contribution in [0.25, 0.3) is 0 Å². The van der Waals surface area contributed by atoms with Gasteiger partial charge in [-0.1, -0.05) is 0 Å². The van der Waals surface area contributed by atoms with Gasteiger partial charge in [0.1, 0.15) is 0 Å². The molecule has 0 atom stereocenters. The van der Waals surface area contributed by atoms with Crippen LogP contribution >= 0.6 is 11.6 Å². The first-order valence-electron chi connectivity index (χ1n) is 3.97. The zero-order valence-electron chi connectivity index (χ0n) is 7.88. The van der Waals surface area contributed by atoms with Crippen molar-refractivity contribution in [3.05, 3.63) is 32.1 Å². The second-order valence-corrected chi connectivity index (χ2v) is 3.03. The number of hydrogen-bond donors (Lipinski definition) is 1. The molecule has 0 aliphatic heterocycles. The highest BCUT2D eigenvalue weighted by Crippen LogP contribution is 2.24. The number of alkyl halides is 4. The molecule has 1 rings (SSSR count). The second-order valence-electron chi connectivity index (χ2n) is 2.77. The minimum atomic E-state index is -5.08. The lowest BCUT2D eigenvalue weighted by atomic mass is 10.3.